The van der Waals surface area contributed by atoms with Crippen molar-refractivity contribution in [3.05, 3.63) is 92.4 Å². The molecule has 1 aliphatic heterocycles. The predicted molar refractivity (Wildman–Crippen MR) is 134 cm³/mol. The Morgan fingerprint density at radius 1 is 1.00 bits per heavy atom. The zero-order valence-electron chi connectivity index (χ0n) is 18.2. The Morgan fingerprint density at radius 3 is 2.37 bits per heavy atom. The van der Waals surface area contributed by atoms with Crippen LogP contribution in [0.2, 0.25) is 10.0 Å². The molecule has 0 bridgehead atoms. The van der Waals surface area contributed by atoms with Crippen LogP contribution in [0.1, 0.15) is 16.1 Å². The zero-order chi connectivity index (χ0) is 24.9. The maximum Gasteiger partial charge on any atom is 0.289 e. The first-order valence-electron chi connectivity index (χ1n) is 10.5. The third-order valence-electron chi connectivity index (χ3n) is 5.32. The van der Waals surface area contributed by atoms with Crippen LogP contribution in [0.4, 0.5) is 5.69 Å². The van der Waals surface area contributed by atoms with E-state index in [1.807, 2.05) is 0 Å². The summed E-state index contributed by atoms with van der Waals surface area (Å²) in [7, 11) is 0. The van der Waals surface area contributed by atoms with E-state index in [0.717, 1.165) is 11.8 Å². The Bertz CT molecular complexity index is 1290. The van der Waals surface area contributed by atoms with Gasteiger partial charge in [0.05, 0.1) is 21.1 Å². The third kappa shape index (κ3) is 6.05. The molecule has 0 atom stereocenters. The molecule has 2 aromatic carbocycles. The number of piperazine rings is 1. The molecule has 0 radical (unpaired) electrons. The van der Waals surface area contributed by atoms with Gasteiger partial charge in [0.25, 0.3) is 11.6 Å². The number of hydrogen-bond donors (Lipinski definition) is 0. The van der Waals surface area contributed by atoms with Crippen LogP contribution < -0.4 is 0 Å². The van der Waals surface area contributed by atoms with Crippen molar-refractivity contribution >= 4 is 58.5 Å². The molecule has 0 spiro atoms. The van der Waals surface area contributed by atoms with Crippen LogP contribution in [0.5, 0.6) is 0 Å². The summed E-state index contributed by atoms with van der Waals surface area (Å²) in [6.07, 6.45) is 4.37. The van der Waals surface area contributed by atoms with Crippen molar-refractivity contribution in [1.82, 2.24) is 9.80 Å². The second-order valence-corrected chi connectivity index (χ2v) is 9.52. The number of halogens is 2. The van der Waals surface area contributed by atoms with Crippen molar-refractivity contribution in [1.29, 1.82) is 0 Å². The van der Waals surface area contributed by atoms with Crippen LogP contribution in [0.15, 0.2) is 75.1 Å². The average Bonchev–Trinajstić information content (AvgIpc) is 3.39. The predicted octanol–water partition coefficient (Wildman–Crippen LogP) is 5.64. The molecule has 1 aromatic heterocycles. The topological polar surface area (TPSA) is 96.9 Å². The van der Waals surface area contributed by atoms with E-state index in [0.29, 0.717) is 51.6 Å². The summed E-state index contributed by atoms with van der Waals surface area (Å²) >= 11 is 13.3. The molecule has 1 aliphatic rings. The van der Waals surface area contributed by atoms with Gasteiger partial charge in [-0.05, 0) is 48.0 Å². The third-order valence-corrected chi connectivity index (χ3v) is 7.12. The van der Waals surface area contributed by atoms with Gasteiger partial charge in [-0.2, -0.15) is 0 Å². The summed E-state index contributed by atoms with van der Waals surface area (Å²) in [5, 5.41) is 12.5. The highest BCUT2D eigenvalue weighted by molar-refractivity contribution is 7.99. The highest BCUT2D eigenvalue weighted by Crippen LogP contribution is 2.39. The summed E-state index contributed by atoms with van der Waals surface area (Å²) in [6, 6.07) is 12.9. The first-order valence-corrected chi connectivity index (χ1v) is 12.1. The lowest BCUT2D eigenvalue weighted by Gasteiger charge is -2.33. The zero-order valence-corrected chi connectivity index (χ0v) is 20.6. The molecule has 4 rings (SSSR count). The molecule has 0 aliphatic carbocycles. The molecule has 0 unspecified atom stereocenters. The summed E-state index contributed by atoms with van der Waals surface area (Å²) < 4.78 is 5.14. The number of furan rings is 1. The van der Waals surface area contributed by atoms with Gasteiger partial charge in [-0.1, -0.05) is 41.0 Å². The molecule has 35 heavy (non-hydrogen) atoms. The first kappa shape index (κ1) is 24.8. The molecular formula is C24H19Cl2N3O5S. The van der Waals surface area contributed by atoms with Crippen molar-refractivity contribution in [3.8, 4) is 0 Å². The number of hydrogen-bond acceptors (Lipinski definition) is 6. The second-order valence-electron chi connectivity index (χ2n) is 7.59. The van der Waals surface area contributed by atoms with Crippen molar-refractivity contribution in [2.24, 2.45) is 0 Å². The number of nitrogens with zero attached hydrogens (tertiary/aromatic N) is 3. The lowest BCUT2D eigenvalue weighted by molar-refractivity contribution is -0.387. The fraction of sp³-hybridized carbons (Fsp3) is 0.167. The molecule has 2 heterocycles. The Balaban J connectivity index is 1.40. The van der Waals surface area contributed by atoms with E-state index in [4.69, 9.17) is 27.6 Å². The fourth-order valence-electron chi connectivity index (χ4n) is 3.50. The molecule has 2 amide bonds. The molecule has 1 fully saturated rings. The largest absolute Gasteiger partial charge is 0.459 e. The van der Waals surface area contributed by atoms with Crippen LogP contribution in [-0.4, -0.2) is 52.7 Å². The van der Waals surface area contributed by atoms with Crippen LogP contribution in [0.3, 0.4) is 0 Å². The van der Waals surface area contributed by atoms with E-state index < -0.39 is 4.92 Å². The number of amides is 2. The number of benzene rings is 2. The van der Waals surface area contributed by atoms with Crippen molar-refractivity contribution in [3.63, 3.8) is 0 Å². The van der Waals surface area contributed by atoms with Crippen LogP contribution in [-0.2, 0) is 4.79 Å². The molecule has 0 N–H and O–H groups in total. The molecule has 180 valence electrons. The fourth-order valence-corrected chi connectivity index (χ4v) is 4.93. The smallest absolute Gasteiger partial charge is 0.289 e. The van der Waals surface area contributed by atoms with Gasteiger partial charge in [0.1, 0.15) is 0 Å². The first-order chi connectivity index (χ1) is 16.8. The highest BCUT2D eigenvalue weighted by Gasteiger charge is 2.25. The number of rotatable bonds is 6. The Hall–Kier alpha value is -3.27. The highest BCUT2D eigenvalue weighted by atomic mass is 35.5. The maximum atomic E-state index is 12.6. The summed E-state index contributed by atoms with van der Waals surface area (Å²) in [5.41, 5.74) is 0.420. The van der Waals surface area contributed by atoms with Gasteiger partial charge in [0.2, 0.25) is 5.91 Å². The summed E-state index contributed by atoms with van der Waals surface area (Å²) in [5.74, 6) is -0.168. The van der Waals surface area contributed by atoms with Crippen LogP contribution in [0, 0.1) is 10.1 Å². The molecular weight excluding hydrogens is 513 g/mol. The monoisotopic (exact) mass is 531 g/mol. The van der Waals surface area contributed by atoms with Crippen LogP contribution >= 0.6 is 35.0 Å². The Kier molecular flexibility index (Phi) is 7.80. The normalized spacial score (nSPS) is 13.9. The standard InChI is InChI=1S/C24H19Cl2N3O5S/c25-17-5-7-21(18(26)15-17)35-22-6-3-16(14-19(22)29(32)33)4-8-23(30)27-9-11-28(12-10-27)24(31)20-2-1-13-34-20/h1-8,13-15H,9-12H2/b8-4+. The van der Waals surface area contributed by atoms with E-state index >= 15 is 0 Å². The van der Waals surface area contributed by atoms with E-state index in [1.54, 1.807) is 58.3 Å². The Labute approximate surface area is 215 Å². The minimum atomic E-state index is -0.472. The molecule has 3 aromatic rings. The molecule has 0 saturated carbocycles. The van der Waals surface area contributed by atoms with Gasteiger partial charge in [0, 0.05) is 48.2 Å². The number of carbonyl (C=O) groups excluding carboxylic acids is 2. The van der Waals surface area contributed by atoms with Gasteiger partial charge < -0.3 is 14.2 Å². The van der Waals surface area contributed by atoms with Gasteiger partial charge in [-0.15, -0.1) is 0 Å². The molecule has 8 nitrogen and oxygen atoms in total. The minimum absolute atomic E-state index is 0.0966. The lowest BCUT2D eigenvalue weighted by Crippen LogP contribution is -2.50. The maximum absolute atomic E-state index is 12.6. The van der Waals surface area contributed by atoms with E-state index in [-0.39, 0.29) is 23.3 Å². The van der Waals surface area contributed by atoms with Crippen molar-refractivity contribution in [2.45, 2.75) is 9.79 Å². The number of carbonyl (C=O) groups is 2. The van der Waals surface area contributed by atoms with Gasteiger partial charge >= 0.3 is 0 Å². The van der Waals surface area contributed by atoms with Crippen molar-refractivity contribution in [2.75, 3.05) is 26.2 Å². The van der Waals surface area contributed by atoms with Gasteiger partial charge in [-0.3, -0.25) is 19.7 Å². The number of nitro benzene ring substituents is 1. The van der Waals surface area contributed by atoms with E-state index in [9.17, 15) is 19.7 Å². The average molecular weight is 532 g/mol. The quantitative estimate of drug-likeness (QED) is 0.232. The van der Waals surface area contributed by atoms with E-state index in [1.165, 1.54) is 18.4 Å². The number of nitro groups is 1. The summed E-state index contributed by atoms with van der Waals surface area (Å²) in [6.45, 7) is 1.55. The molecule has 1 saturated heterocycles. The Morgan fingerprint density at radius 2 is 1.71 bits per heavy atom. The van der Waals surface area contributed by atoms with Crippen molar-refractivity contribution < 1.29 is 18.9 Å². The minimum Gasteiger partial charge on any atom is -0.459 e. The second kappa shape index (κ2) is 11.0. The van der Waals surface area contributed by atoms with Gasteiger partial charge in [-0.25, -0.2) is 0 Å². The SMILES string of the molecule is O=C(/C=C/c1ccc(Sc2ccc(Cl)cc2Cl)c([N+](=O)[O-])c1)N1CCN(C(=O)c2ccco2)CC1. The van der Waals surface area contributed by atoms with Crippen LogP contribution in [0.25, 0.3) is 6.08 Å². The molecule has 11 heteroatoms. The summed E-state index contributed by atoms with van der Waals surface area (Å²) in [4.78, 5) is 40.5. The van der Waals surface area contributed by atoms with Gasteiger partial charge in [0.15, 0.2) is 5.76 Å². The van der Waals surface area contributed by atoms with E-state index in [2.05, 4.69) is 0 Å². The lowest BCUT2D eigenvalue weighted by atomic mass is 10.2.